The summed E-state index contributed by atoms with van der Waals surface area (Å²) in [6, 6.07) is 0. The number of hydrogen-bond donors (Lipinski definition) is 0. The highest BCUT2D eigenvalue weighted by atomic mass is 16.2. The Balaban J connectivity index is 1.39. The Hall–Kier alpha value is -2.77. The number of nitrogens with zero attached hydrogens (tertiary/aromatic N) is 6. The highest BCUT2D eigenvalue weighted by Crippen LogP contribution is 2.38. The van der Waals surface area contributed by atoms with Crippen molar-refractivity contribution in [2.75, 3.05) is 26.7 Å². The lowest BCUT2D eigenvalue weighted by Crippen LogP contribution is -2.42. The zero-order valence-corrected chi connectivity index (χ0v) is 18.3. The summed E-state index contributed by atoms with van der Waals surface area (Å²) >= 11 is 0. The van der Waals surface area contributed by atoms with Gasteiger partial charge in [0.1, 0.15) is 12.4 Å². The number of aryl methyl sites for hydroxylation is 3. The summed E-state index contributed by atoms with van der Waals surface area (Å²) in [5.41, 5.74) is 4.69. The molecular weight excluding hydrogens is 380 g/mol. The Morgan fingerprint density at radius 3 is 2.73 bits per heavy atom. The molecule has 1 aliphatic heterocycles. The first-order valence-electron chi connectivity index (χ1n) is 10.7. The fourth-order valence-electron chi connectivity index (χ4n) is 4.07. The molecule has 0 N–H and O–H groups in total. The second kappa shape index (κ2) is 8.16. The quantitative estimate of drug-likeness (QED) is 0.725. The Kier molecular flexibility index (Phi) is 5.58. The third-order valence-corrected chi connectivity index (χ3v) is 6.30. The largest absolute Gasteiger partial charge is 0.344 e. The number of likely N-dealkylation sites (N-methyl/N-ethyl adjacent to an activating group) is 1. The van der Waals surface area contributed by atoms with Crippen molar-refractivity contribution in [2.45, 2.75) is 51.9 Å². The monoisotopic (exact) mass is 410 g/mol. The topological polar surface area (TPSA) is 84.2 Å². The fraction of sp³-hybridized carbons (Fsp3) is 0.591. The van der Waals surface area contributed by atoms with Crippen molar-refractivity contribution in [3.8, 4) is 0 Å². The van der Waals surface area contributed by atoms with Gasteiger partial charge in [-0.1, -0.05) is 0 Å². The van der Waals surface area contributed by atoms with E-state index in [1.165, 1.54) is 5.56 Å². The van der Waals surface area contributed by atoms with Gasteiger partial charge in [0.2, 0.25) is 5.91 Å². The summed E-state index contributed by atoms with van der Waals surface area (Å²) in [5.74, 6) is 1.14. The maximum absolute atomic E-state index is 13.0. The molecule has 0 radical (unpaired) electrons. The van der Waals surface area contributed by atoms with E-state index in [-0.39, 0.29) is 18.4 Å². The molecule has 0 unspecified atom stereocenters. The maximum atomic E-state index is 13.0. The average molecular weight is 411 g/mol. The molecule has 0 spiro atoms. The molecule has 0 bridgehead atoms. The summed E-state index contributed by atoms with van der Waals surface area (Å²) in [6.45, 7) is 5.28. The molecule has 8 heteroatoms. The lowest BCUT2D eigenvalue weighted by Gasteiger charge is -2.24. The number of fused-ring (bicyclic) bond motifs is 1. The molecule has 3 heterocycles. The molecule has 2 aromatic rings. The van der Waals surface area contributed by atoms with Gasteiger partial charge in [-0.25, -0.2) is 9.97 Å². The molecule has 0 atom stereocenters. The van der Waals surface area contributed by atoms with Crippen LogP contribution in [0.5, 0.6) is 0 Å². The molecule has 1 saturated carbocycles. The van der Waals surface area contributed by atoms with Crippen molar-refractivity contribution in [1.29, 1.82) is 0 Å². The maximum Gasteiger partial charge on any atom is 0.257 e. The smallest absolute Gasteiger partial charge is 0.257 e. The molecule has 30 heavy (non-hydrogen) atoms. The fourth-order valence-corrected chi connectivity index (χ4v) is 4.07. The molecule has 0 saturated heterocycles. The van der Waals surface area contributed by atoms with Gasteiger partial charge >= 0.3 is 0 Å². The molecular formula is C22H30N6O2. The van der Waals surface area contributed by atoms with Crippen LogP contribution in [0.1, 0.15) is 64.0 Å². The number of carbonyl (C=O) groups is 2. The molecule has 1 aliphatic carbocycles. The van der Waals surface area contributed by atoms with Crippen molar-refractivity contribution in [2.24, 2.45) is 7.05 Å². The minimum Gasteiger partial charge on any atom is -0.344 e. The first-order valence-corrected chi connectivity index (χ1v) is 10.7. The number of carbonyl (C=O) groups excluding carboxylic acids is 2. The first-order chi connectivity index (χ1) is 14.3. The second-order valence-corrected chi connectivity index (χ2v) is 8.53. The van der Waals surface area contributed by atoms with E-state index in [0.29, 0.717) is 24.6 Å². The van der Waals surface area contributed by atoms with Gasteiger partial charge in [0, 0.05) is 45.0 Å². The van der Waals surface area contributed by atoms with Gasteiger partial charge in [0.25, 0.3) is 5.91 Å². The zero-order valence-electron chi connectivity index (χ0n) is 18.3. The van der Waals surface area contributed by atoms with Crippen LogP contribution in [0.25, 0.3) is 0 Å². The van der Waals surface area contributed by atoms with Crippen LogP contribution in [0, 0.1) is 13.8 Å². The van der Waals surface area contributed by atoms with Gasteiger partial charge in [0.15, 0.2) is 0 Å². The van der Waals surface area contributed by atoms with Crippen molar-refractivity contribution >= 4 is 11.8 Å². The Labute approximate surface area is 177 Å². The highest BCUT2D eigenvalue weighted by molar-refractivity contribution is 5.97. The van der Waals surface area contributed by atoms with E-state index in [1.54, 1.807) is 23.0 Å². The normalized spacial score (nSPS) is 16.4. The van der Waals surface area contributed by atoms with E-state index >= 15 is 0 Å². The molecule has 0 aromatic carbocycles. The molecule has 1 fully saturated rings. The molecule has 4 rings (SSSR count). The summed E-state index contributed by atoms with van der Waals surface area (Å²) in [4.78, 5) is 38.3. The van der Waals surface area contributed by atoms with E-state index in [0.717, 1.165) is 55.0 Å². The van der Waals surface area contributed by atoms with Crippen LogP contribution in [0.3, 0.4) is 0 Å². The Morgan fingerprint density at radius 2 is 2.07 bits per heavy atom. The van der Waals surface area contributed by atoms with Crippen LogP contribution in [0.15, 0.2) is 6.20 Å². The van der Waals surface area contributed by atoms with Crippen LogP contribution >= 0.6 is 0 Å². The van der Waals surface area contributed by atoms with Gasteiger partial charge in [-0.2, -0.15) is 5.10 Å². The Morgan fingerprint density at radius 1 is 1.30 bits per heavy atom. The number of amides is 2. The number of aromatic nitrogens is 4. The van der Waals surface area contributed by atoms with E-state index < -0.39 is 0 Å². The summed E-state index contributed by atoms with van der Waals surface area (Å²) in [7, 11) is 3.73. The van der Waals surface area contributed by atoms with Crippen molar-refractivity contribution in [3.05, 3.63) is 40.2 Å². The van der Waals surface area contributed by atoms with Gasteiger partial charge in [-0.3, -0.25) is 14.3 Å². The summed E-state index contributed by atoms with van der Waals surface area (Å²) < 4.78 is 1.87. The first kappa shape index (κ1) is 20.5. The second-order valence-electron chi connectivity index (χ2n) is 8.53. The highest BCUT2D eigenvalue weighted by Gasteiger charge is 2.30. The minimum absolute atomic E-state index is 0.0542. The standard InChI is InChI=1S/C22H30N6O2/c1-14-17(15(2)27(4)25-14)9-11-26(3)20(29)13-28-10-5-6-19-18(22(28)30)12-23-21(24-19)16-7-8-16/h12,16H,5-11,13H2,1-4H3. The van der Waals surface area contributed by atoms with Crippen molar-refractivity contribution in [1.82, 2.24) is 29.5 Å². The van der Waals surface area contributed by atoms with E-state index in [4.69, 9.17) is 0 Å². The molecule has 2 amide bonds. The predicted octanol–water partition coefficient (Wildman–Crippen LogP) is 1.79. The minimum atomic E-state index is -0.134. The number of hydrogen-bond acceptors (Lipinski definition) is 5. The van der Waals surface area contributed by atoms with E-state index in [9.17, 15) is 9.59 Å². The molecule has 160 valence electrons. The molecule has 2 aliphatic rings. The van der Waals surface area contributed by atoms with E-state index in [2.05, 4.69) is 15.1 Å². The van der Waals surface area contributed by atoms with Crippen LogP contribution in [-0.4, -0.2) is 68.0 Å². The van der Waals surface area contributed by atoms with Gasteiger partial charge in [-0.15, -0.1) is 0 Å². The number of rotatable bonds is 6. The Bertz CT molecular complexity index is 978. The third kappa shape index (κ3) is 4.08. The van der Waals surface area contributed by atoms with E-state index in [1.807, 2.05) is 25.6 Å². The van der Waals surface area contributed by atoms with Gasteiger partial charge in [0.05, 0.1) is 17.0 Å². The van der Waals surface area contributed by atoms with Crippen molar-refractivity contribution in [3.63, 3.8) is 0 Å². The van der Waals surface area contributed by atoms with Gasteiger partial charge < -0.3 is 9.80 Å². The predicted molar refractivity (Wildman–Crippen MR) is 112 cm³/mol. The molecule has 8 nitrogen and oxygen atoms in total. The zero-order chi connectivity index (χ0) is 21.4. The summed E-state index contributed by atoms with van der Waals surface area (Å²) in [5, 5.41) is 4.44. The average Bonchev–Trinajstić information content (AvgIpc) is 3.54. The lowest BCUT2D eigenvalue weighted by atomic mass is 10.1. The third-order valence-electron chi connectivity index (χ3n) is 6.30. The van der Waals surface area contributed by atoms with Crippen molar-refractivity contribution < 1.29 is 9.59 Å². The van der Waals surface area contributed by atoms with Gasteiger partial charge in [-0.05, 0) is 51.5 Å². The lowest BCUT2D eigenvalue weighted by molar-refractivity contribution is -0.130. The van der Waals surface area contributed by atoms with Crippen LogP contribution in [0.2, 0.25) is 0 Å². The summed E-state index contributed by atoms with van der Waals surface area (Å²) in [6.07, 6.45) is 6.25. The van der Waals surface area contributed by atoms with Crippen LogP contribution < -0.4 is 0 Å². The van der Waals surface area contributed by atoms with Crippen LogP contribution in [-0.2, 0) is 24.7 Å². The SMILES string of the molecule is Cc1nn(C)c(C)c1CCN(C)C(=O)CN1CCCc2nc(C3CC3)ncc2C1=O. The molecule has 2 aromatic heterocycles. The van der Waals surface area contributed by atoms with Crippen LogP contribution in [0.4, 0.5) is 0 Å².